The van der Waals surface area contributed by atoms with Gasteiger partial charge in [0.1, 0.15) is 4.88 Å². The lowest BCUT2D eigenvalue weighted by Gasteiger charge is -1.97. The average Bonchev–Trinajstić information content (AvgIpc) is 3.09. The molecule has 0 bridgehead atoms. The first kappa shape index (κ1) is 17.0. The lowest BCUT2D eigenvalue weighted by molar-refractivity contribution is 0.0959. The van der Waals surface area contributed by atoms with Gasteiger partial charge in [0.2, 0.25) is 0 Å². The van der Waals surface area contributed by atoms with Crippen molar-refractivity contribution < 1.29 is 4.79 Å². The Kier molecular flexibility index (Phi) is 4.89. The summed E-state index contributed by atoms with van der Waals surface area (Å²) in [5, 5.41) is 9.89. The number of aromatic nitrogens is 2. The molecule has 0 aliphatic rings. The first-order valence-electron chi connectivity index (χ1n) is 7.25. The zero-order chi connectivity index (χ0) is 17.3. The van der Waals surface area contributed by atoms with E-state index in [1.165, 1.54) is 11.3 Å². The number of carbonyl (C=O) groups is 1. The number of amides is 1. The van der Waals surface area contributed by atoms with Crippen LogP contribution in [0.25, 0.3) is 10.1 Å². The monoisotopic (exact) mass is 380 g/mol. The fourth-order valence-electron chi connectivity index (χ4n) is 2.25. The number of aryl methyl sites for hydroxylation is 2. The van der Waals surface area contributed by atoms with E-state index < -0.39 is 0 Å². The Labute approximate surface area is 152 Å². The van der Waals surface area contributed by atoms with E-state index in [4.69, 9.17) is 23.2 Å². The molecule has 0 aliphatic carbocycles. The van der Waals surface area contributed by atoms with Crippen molar-refractivity contribution in [2.75, 3.05) is 0 Å². The zero-order valence-electron chi connectivity index (χ0n) is 13.0. The van der Waals surface area contributed by atoms with Crippen molar-refractivity contribution in [3.63, 3.8) is 0 Å². The van der Waals surface area contributed by atoms with Gasteiger partial charge in [-0.2, -0.15) is 10.2 Å². The van der Waals surface area contributed by atoms with Gasteiger partial charge in [-0.25, -0.2) is 5.43 Å². The minimum absolute atomic E-state index is 0.350. The molecule has 1 aromatic carbocycles. The second-order valence-electron chi connectivity index (χ2n) is 5.08. The summed E-state index contributed by atoms with van der Waals surface area (Å²) in [5.41, 5.74) is 4.20. The third-order valence-electron chi connectivity index (χ3n) is 3.49. The topological polar surface area (TPSA) is 59.3 Å². The minimum atomic E-state index is -0.367. The number of nitrogens with one attached hydrogen (secondary N) is 1. The maximum absolute atomic E-state index is 12.3. The van der Waals surface area contributed by atoms with Crippen molar-refractivity contribution in [1.29, 1.82) is 0 Å². The average molecular weight is 381 g/mol. The number of carbonyl (C=O) groups excluding carboxylic acids is 1. The van der Waals surface area contributed by atoms with Gasteiger partial charge in [-0.15, -0.1) is 11.3 Å². The molecule has 0 saturated heterocycles. The van der Waals surface area contributed by atoms with Crippen LogP contribution in [-0.4, -0.2) is 21.9 Å². The van der Waals surface area contributed by atoms with Gasteiger partial charge in [-0.3, -0.25) is 9.48 Å². The highest BCUT2D eigenvalue weighted by atomic mass is 35.5. The number of fused-ring (bicyclic) bond motifs is 1. The molecule has 124 valence electrons. The number of thiophene rings is 1. The van der Waals surface area contributed by atoms with Crippen molar-refractivity contribution in [3.05, 3.63) is 50.6 Å². The second-order valence-corrected chi connectivity index (χ2v) is 6.92. The normalized spacial score (nSPS) is 11.5. The number of halogens is 2. The molecule has 0 unspecified atom stereocenters. The summed E-state index contributed by atoms with van der Waals surface area (Å²) >= 11 is 13.7. The fraction of sp³-hybridized carbons (Fsp3) is 0.188. The van der Waals surface area contributed by atoms with Gasteiger partial charge in [0, 0.05) is 28.4 Å². The Hall–Kier alpha value is -1.89. The summed E-state index contributed by atoms with van der Waals surface area (Å²) in [5.74, 6) is -0.367. The van der Waals surface area contributed by atoms with E-state index in [0.29, 0.717) is 20.3 Å². The van der Waals surface area contributed by atoms with E-state index >= 15 is 0 Å². The molecule has 0 spiro atoms. The number of hydrogen-bond donors (Lipinski definition) is 1. The molecule has 0 aliphatic heterocycles. The van der Waals surface area contributed by atoms with Crippen LogP contribution in [0, 0.1) is 6.92 Å². The van der Waals surface area contributed by atoms with Gasteiger partial charge in [0.25, 0.3) is 5.91 Å². The maximum atomic E-state index is 12.3. The van der Waals surface area contributed by atoms with Gasteiger partial charge in [-0.05, 0) is 26.0 Å². The molecule has 3 rings (SSSR count). The van der Waals surface area contributed by atoms with E-state index in [1.54, 1.807) is 12.3 Å². The number of hydrogen-bond acceptors (Lipinski definition) is 4. The molecule has 3 aromatic rings. The van der Waals surface area contributed by atoms with Crippen LogP contribution in [0.4, 0.5) is 0 Å². The molecule has 0 fully saturated rings. The van der Waals surface area contributed by atoms with Crippen molar-refractivity contribution in [2.45, 2.75) is 20.4 Å². The molecular weight excluding hydrogens is 367 g/mol. The van der Waals surface area contributed by atoms with Gasteiger partial charge in [0.05, 0.1) is 22.0 Å². The quantitative estimate of drug-likeness (QED) is 0.535. The van der Waals surface area contributed by atoms with Crippen LogP contribution in [0.3, 0.4) is 0 Å². The Morgan fingerprint density at radius 1 is 1.46 bits per heavy atom. The highest BCUT2D eigenvalue weighted by Crippen LogP contribution is 2.39. The van der Waals surface area contributed by atoms with Gasteiger partial charge < -0.3 is 0 Å². The predicted octanol–water partition coefficient (Wildman–Crippen LogP) is 4.50. The van der Waals surface area contributed by atoms with Crippen LogP contribution in [0.5, 0.6) is 0 Å². The first-order chi connectivity index (χ1) is 11.5. The maximum Gasteiger partial charge on any atom is 0.283 e. The molecule has 1 N–H and O–H groups in total. The van der Waals surface area contributed by atoms with E-state index in [0.717, 1.165) is 22.5 Å². The fourth-order valence-corrected chi connectivity index (χ4v) is 4.10. The molecule has 0 atom stereocenters. The van der Waals surface area contributed by atoms with Crippen LogP contribution in [0.1, 0.15) is 27.9 Å². The molecular formula is C16H14Cl2N4OS. The largest absolute Gasteiger partial charge is 0.283 e. The molecule has 5 nitrogen and oxygen atoms in total. The third kappa shape index (κ3) is 3.17. The summed E-state index contributed by atoms with van der Waals surface area (Å²) in [6.45, 7) is 4.67. The molecule has 2 heterocycles. The highest BCUT2D eigenvalue weighted by Gasteiger charge is 2.18. The number of benzene rings is 1. The number of nitrogens with zero attached hydrogens (tertiary/aromatic N) is 3. The smallest absolute Gasteiger partial charge is 0.272 e. The molecule has 24 heavy (non-hydrogen) atoms. The van der Waals surface area contributed by atoms with E-state index in [-0.39, 0.29) is 5.91 Å². The van der Waals surface area contributed by atoms with Gasteiger partial charge in [-0.1, -0.05) is 29.3 Å². The highest BCUT2D eigenvalue weighted by molar-refractivity contribution is 7.21. The Morgan fingerprint density at radius 2 is 2.25 bits per heavy atom. The molecule has 0 saturated carbocycles. The van der Waals surface area contributed by atoms with Crippen molar-refractivity contribution in [2.24, 2.45) is 5.10 Å². The van der Waals surface area contributed by atoms with Crippen molar-refractivity contribution in [1.82, 2.24) is 15.2 Å². The SMILES string of the molecule is CCn1cc(/C=N\NC(=O)c2sc3cccc(Cl)c3c2Cl)c(C)n1. The van der Waals surface area contributed by atoms with Crippen LogP contribution in [-0.2, 0) is 6.54 Å². The first-order valence-corrected chi connectivity index (χ1v) is 8.82. The van der Waals surface area contributed by atoms with E-state index in [9.17, 15) is 4.79 Å². The molecule has 2 aromatic heterocycles. The Balaban J connectivity index is 1.80. The molecule has 8 heteroatoms. The molecule has 0 radical (unpaired) electrons. The minimum Gasteiger partial charge on any atom is -0.272 e. The van der Waals surface area contributed by atoms with E-state index in [2.05, 4.69) is 15.6 Å². The standard InChI is InChI=1S/C16H14Cl2N4OS/c1-3-22-8-10(9(2)21-22)7-19-20-16(23)15-14(18)13-11(17)5-4-6-12(13)24-15/h4-8H,3H2,1-2H3,(H,20,23)/b19-7-. The van der Waals surface area contributed by atoms with Crippen molar-refractivity contribution in [3.8, 4) is 0 Å². The summed E-state index contributed by atoms with van der Waals surface area (Å²) in [7, 11) is 0. The lowest BCUT2D eigenvalue weighted by Crippen LogP contribution is -2.16. The summed E-state index contributed by atoms with van der Waals surface area (Å²) in [6, 6.07) is 5.45. The Morgan fingerprint density at radius 3 is 2.92 bits per heavy atom. The van der Waals surface area contributed by atoms with Crippen LogP contribution in [0.15, 0.2) is 29.5 Å². The van der Waals surface area contributed by atoms with Gasteiger partial charge >= 0.3 is 0 Å². The lowest BCUT2D eigenvalue weighted by atomic mass is 10.2. The zero-order valence-corrected chi connectivity index (χ0v) is 15.3. The summed E-state index contributed by atoms with van der Waals surface area (Å²) in [4.78, 5) is 12.7. The van der Waals surface area contributed by atoms with Crippen LogP contribution in [0.2, 0.25) is 10.0 Å². The van der Waals surface area contributed by atoms with E-state index in [1.807, 2.05) is 36.9 Å². The second kappa shape index (κ2) is 6.93. The van der Waals surface area contributed by atoms with Crippen LogP contribution >= 0.6 is 34.5 Å². The van der Waals surface area contributed by atoms with Crippen LogP contribution < -0.4 is 5.43 Å². The Bertz CT molecular complexity index is 945. The number of rotatable bonds is 4. The third-order valence-corrected chi connectivity index (χ3v) is 5.45. The van der Waals surface area contributed by atoms with Crippen molar-refractivity contribution >= 4 is 56.7 Å². The predicted molar refractivity (Wildman–Crippen MR) is 99.5 cm³/mol. The summed E-state index contributed by atoms with van der Waals surface area (Å²) < 4.78 is 2.67. The summed E-state index contributed by atoms with van der Waals surface area (Å²) in [6.07, 6.45) is 3.44. The molecule has 1 amide bonds. The number of hydrazone groups is 1. The van der Waals surface area contributed by atoms with Gasteiger partial charge in [0.15, 0.2) is 0 Å².